The quantitative estimate of drug-likeness (QED) is 0.463. The Hall–Kier alpha value is -3.31. The number of nitrogens with one attached hydrogen (secondary N) is 2. The Bertz CT molecular complexity index is 1230. The monoisotopic (exact) mass is 442 g/mol. The van der Waals surface area contributed by atoms with E-state index in [-0.39, 0.29) is 29.4 Å². The molecule has 2 aromatic heterocycles. The van der Waals surface area contributed by atoms with Crippen molar-refractivity contribution < 1.29 is 28.2 Å². The molecular weight excluding hydrogens is 429 g/mol. The third-order valence-corrected chi connectivity index (χ3v) is 4.57. The first kappa shape index (κ1) is 21.4. The second-order valence-corrected chi connectivity index (χ2v) is 6.39. The molecule has 0 bridgehead atoms. The zero-order valence-electron chi connectivity index (χ0n) is 15.3. The van der Waals surface area contributed by atoms with Gasteiger partial charge in [-0.25, -0.2) is 22.9 Å². The fraction of sp³-hybridized carbons (Fsp3) is 0.167. The number of pyridine rings is 2. The van der Waals surface area contributed by atoms with Gasteiger partial charge in [0.25, 0.3) is 0 Å². The third-order valence-electron chi connectivity index (χ3n) is 4.20. The lowest BCUT2D eigenvalue weighted by atomic mass is 10.1. The molecule has 0 aliphatic rings. The maximum atomic E-state index is 14.6. The van der Waals surface area contributed by atoms with Crippen molar-refractivity contribution in [1.82, 2.24) is 9.55 Å². The van der Waals surface area contributed by atoms with Gasteiger partial charge >= 0.3 is 5.97 Å². The van der Waals surface area contributed by atoms with E-state index in [1.54, 1.807) is 0 Å². The Balaban J connectivity index is 2.48. The van der Waals surface area contributed by atoms with E-state index in [0.29, 0.717) is 6.07 Å². The van der Waals surface area contributed by atoms with Gasteiger partial charge < -0.3 is 20.8 Å². The molecule has 1 aromatic carbocycles. The SMILES string of the molecule is CNc1c(F)cc2c(=O)c(C(=O)O)cn(-c3nc(NCCO)c(F)cc3F)c2c1Cl. The molecule has 0 atom stereocenters. The van der Waals surface area contributed by atoms with Crippen LogP contribution in [-0.2, 0) is 0 Å². The number of benzene rings is 1. The summed E-state index contributed by atoms with van der Waals surface area (Å²) in [6, 6.07) is 1.26. The first-order valence-electron chi connectivity index (χ1n) is 8.40. The van der Waals surface area contributed by atoms with Crippen molar-refractivity contribution >= 4 is 40.0 Å². The lowest BCUT2D eigenvalue weighted by molar-refractivity contribution is 0.0695. The van der Waals surface area contributed by atoms with Gasteiger partial charge in [0.05, 0.1) is 28.2 Å². The van der Waals surface area contributed by atoms with Crippen LogP contribution in [0.15, 0.2) is 23.1 Å². The van der Waals surface area contributed by atoms with Gasteiger partial charge in [0.15, 0.2) is 23.3 Å². The summed E-state index contributed by atoms with van der Waals surface area (Å²) in [5.74, 6) is -5.88. The molecular formula is C18H14ClF3N4O4. The minimum absolute atomic E-state index is 0.101. The van der Waals surface area contributed by atoms with Gasteiger partial charge in [0.2, 0.25) is 5.43 Å². The largest absolute Gasteiger partial charge is 0.477 e. The van der Waals surface area contributed by atoms with Gasteiger partial charge in [0, 0.05) is 25.9 Å². The minimum Gasteiger partial charge on any atom is -0.477 e. The maximum absolute atomic E-state index is 14.6. The Labute approximate surface area is 171 Å². The van der Waals surface area contributed by atoms with Crippen molar-refractivity contribution in [2.75, 3.05) is 30.8 Å². The number of carboxylic acid groups (broad SMARTS) is 1. The molecule has 0 unspecified atom stereocenters. The van der Waals surface area contributed by atoms with E-state index in [1.165, 1.54) is 7.05 Å². The summed E-state index contributed by atoms with van der Waals surface area (Å²) in [5, 5.41) is 22.4. The molecule has 0 radical (unpaired) electrons. The zero-order valence-corrected chi connectivity index (χ0v) is 16.0. The maximum Gasteiger partial charge on any atom is 0.341 e. The lowest BCUT2D eigenvalue weighted by Gasteiger charge is -2.17. The summed E-state index contributed by atoms with van der Waals surface area (Å²) in [4.78, 5) is 27.9. The van der Waals surface area contributed by atoms with Crippen LogP contribution in [0, 0.1) is 17.5 Å². The van der Waals surface area contributed by atoms with Crippen LogP contribution in [0.5, 0.6) is 0 Å². The number of anilines is 2. The summed E-state index contributed by atoms with van der Waals surface area (Å²) in [6.07, 6.45) is 0.773. The Morgan fingerprint density at radius 2 is 1.93 bits per heavy atom. The average Bonchev–Trinajstić information content (AvgIpc) is 2.68. The lowest BCUT2D eigenvalue weighted by Crippen LogP contribution is -2.20. The van der Waals surface area contributed by atoms with Crippen LogP contribution in [0.1, 0.15) is 10.4 Å². The van der Waals surface area contributed by atoms with E-state index >= 15 is 0 Å². The van der Waals surface area contributed by atoms with E-state index < -0.39 is 51.4 Å². The molecule has 2 heterocycles. The van der Waals surface area contributed by atoms with Crippen LogP contribution in [0.2, 0.25) is 5.02 Å². The minimum atomic E-state index is -1.65. The van der Waals surface area contributed by atoms with E-state index in [0.717, 1.165) is 16.8 Å². The normalized spacial score (nSPS) is 11.0. The summed E-state index contributed by atoms with van der Waals surface area (Å²) >= 11 is 6.23. The number of aromatic carboxylic acids is 1. The number of carboxylic acids is 1. The fourth-order valence-electron chi connectivity index (χ4n) is 2.89. The number of hydrogen-bond donors (Lipinski definition) is 4. The molecule has 0 fully saturated rings. The molecule has 3 aromatic rings. The molecule has 0 spiro atoms. The van der Waals surface area contributed by atoms with Gasteiger partial charge in [-0.1, -0.05) is 11.6 Å². The van der Waals surface area contributed by atoms with E-state index in [2.05, 4.69) is 15.6 Å². The third kappa shape index (κ3) is 3.53. The van der Waals surface area contributed by atoms with Crippen molar-refractivity contribution in [3.05, 3.63) is 56.6 Å². The number of halogens is 4. The van der Waals surface area contributed by atoms with Crippen LogP contribution >= 0.6 is 11.6 Å². The van der Waals surface area contributed by atoms with Crippen molar-refractivity contribution in [2.45, 2.75) is 0 Å². The number of aliphatic hydroxyl groups excluding tert-OH is 1. The van der Waals surface area contributed by atoms with E-state index in [4.69, 9.17) is 16.7 Å². The Morgan fingerprint density at radius 1 is 1.23 bits per heavy atom. The molecule has 0 aliphatic carbocycles. The highest BCUT2D eigenvalue weighted by molar-refractivity contribution is 6.38. The fourth-order valence-corrected chi connectivity index (χ4v) is 3.26. The van der Waals surface area contributed by atoms with Crippen molar-refractivity contribution in [1.29, 1.82) is 0 Å². The van der Waals surface area contributed by atoms with Crippen molar-refractivity contribution in [2.24, 2.45) is 0 Å². The molecule has 8 nitrogen and oxygen atoms in total. The molecule has 0 saturated carbocycles. The van der Waals surface area contributed by atoms with Gasteiger partial charge in [-0.2, -0.15) is 0 Å². The number of aromatic nitrogens is 2. The summed E-state index contributed by atoms with van der Waals surface area (Å²) < 4.78 is 43.8. The molecule has 3 rings (SSSR count). The van der Waals surface area contributed by atoms with Crippen molar-refractivity contribution in [3.63, 3.8) is 0 Å². The second kappa shape index (κ2) is 8.20. The van der Waals surface area contributed by atoms with Crippen LogP contribution in [0.3, 0.4) is 0 Å². The summed E-state index contributed by atoms with van der Waals surface area (Å²) in [6.45, 7) is -0.468. The van der Waals surface area contributed by atoms with Crippen LogP contribution < -0.4 is 16.1 Å². The highest BCUT2D eigenvalue weighted by Gasteiger charge is 2.24. The first-order chi connectivity index (χ1) is 14.2. The van der Waals surface area contributed by atoms with E-state index in [1.807, 2.05) is 0 Å². The smallest absolute Gasteiger partial charge is 0.341 e. The summed E-state index contributed by atoms with van der Waals surface area (Å²) in [7, 11) is 1.36. The molecule has 0 amide bonds. The predicted octanol–water partition coefficient (Wildman–Crippen LogP) is 2.60. The highest BCUT2D eigenvalue weighted by Crippen LogP contribution is 2.34. The number of fused-ring (bicyclic) bond motifs is 1. The molecule has 158 valence electrons. The molecule has 30 heavy (non-hydrogen) atoms. The molecule has 0 saturated heterocycles. The second-order valence-electron chi connectivity index (χ2n) is 6.02. The van der Waals surface area contributed by atoms with Gasteiger partial charge in [-0.05, 0) is 6.07 Å². The van der Waals surface area contributed by atoms with Crippen molar-refractivity contribution in [3.8, 4) is 5.82 Å². The van der Waals surface area contributed by atoms with Crippen LogP contribution in [0.4, 0.5) is 24.7 Å². The number of carbonyl (C=O) groups is 1. The Kier molecular flexibility index (Phi) is 5.85. The van der Waals surface area contributed by atoms with Gasteiger partial charge in [0.1, 0.15) is 11.4 Å². The first-order valence-corrected chi connectivity index (χ1v) is 8.78. The number of rotatable bonds is 6. The van der Waals surface area contributed by atoms with Crippen LogP contribution in [0.25, 0.3) is 16.7 Å². The summed E-state index contributed by atoms with van der Waals surface area (Å²) in [5.41, 5.74) is -2.30. The van der Waals surface area contributed by atoms with E-state index in [9.17, 15) is 27.9 Å². The molecule has 0 aliphatic heterocycles. The number of nitrogens with zero attached hydrogens (tertiary/aromatic N) is 2. The predicted molar refractivity (Wildman–Crippen MR) is 104 cm³/mol. The number of aliphatic hydroxyl groups is 1. The highest BCUT2D eigenvalue weighted by atomic mass is 35.5. The Morgan fingerprint density at radius 3 is 2.53 bits per heavy atom. The zero-order chi connectivity index (χ0) is 22.2. The molecule has 12 heteroatoms. The number of hydrogen-bond acceptors (Lipinski definition) is 6. The molecule has 4 N–H and O–H groups in total. The van der Waals surface area contributed by atoms with Crippen LogP contribution in [-0.4, -0.2) is 45.9 Å². The average molecular weight is 443 g/mol. The van der Waals surface area contributed by atoms with Gasteiger partial charge in [-0.15, -0.1) is 0 Å². The topological polar surface area (TPSA) is 116 Å². The standard InChI is InChI=1S/C18H14ClF3N4O4/c1-23-13-9(20)4-7-14(12(13)19)26(6-8(15(7)28)18(29)30)17-11(22)5-10(21)16(25-17)24-2-3-27/h4-6,23,27H,2-3H2,1H3,(H,24,25)(H,29,30). The van der Waals surface area contributed by atoms with Gasteiger partial charge in [-0.3, -0.25) is 9.36 Å².